The van der Waals surface area contributed by atoms with Crippen LogP contribution in [0.25, 0.3) is 0 Å². The zero-order chi connectivity index (χ0) is 12.1. The highest BCUT2D eigenvalue weighted by molar-refractivity contribution is 5.40. The van der Waals surface area contributed by atoms with E-state index >= 15 is 0 Å². The van der Waals surface area contributed by atoms with Crippen molar-refractivity contribution in [1.82, 2.24) is 9.97 Å². The normalized spacial score (nSPS) is 21.2. The second kappa shape index (κ2) is 5.82. The molecule has 1 aromatic heterocycles. The molecule has 17 heavy (non-hydrogen) atoms. The Hall–Kier alpha value is -1.36. The number of hydrogen-bond donors (Lipinski definition) is 2. The molecule has 0 amide bonds. The molecule has 1 aliphatic rings. The lowest BCUT2D eigenvalue weighted by Crippen LogP contribution is -2.30. The van der Waals surface area contributed by atoms with Crippen LogP contribution in [0, 0.1) is 0 Å². The third kappa shape index (κ3) is 3.30. The summed E-state index contributed by atoms with van der Waals surface area (Å²) in [6, 6.07) is 2.16. The van der Waals surface area contributed by atoms with Crippen LogP contribution in [-0.2, 0) is 4.74 Å². The van der Waals surface area contributed by atoms with Crippen LogP contribution in [0.1, 0.15) is 26.7 Å². The zero-order valence-electron chi connectivity index (χ0n) is 10.4. The smallest absolute Gasteiger partial charge is 0.224 e. The van der Waals surface area contributed by atoms with Gasteiger partial charge in [-0.05, 0) is 32.8 Å². The van der Waals surface area contributed by atoms with Gasteiger partial charge in [-0.1, -0.05) is 0 Å². The molecule has 0 radical (unpaired) electrons. The number of nitrogens with one attached hydrogen (secondary N) is 2. The molecule has 0 spiro atoms. The van der Waals surface area contributed by atoms with Crippen molar-refractivity contribution < 1.29 is 4.74 Å². The van der Waals surface area contributed by atoms with Gasteiger partial charge in [-0.15, -0.1) is 0 Å². The largest absolute Gasteiger partial charge is 0.376 e. The predicted octanol–water partition coefficient (Wildman–Crippen LogP) is 1.89. The maximum atomic E-state index is 5.64. The summed E-state index contributed by atoms with van der Waals surface area (Å²) in [6.45, 7) is 5.86. The van der Waals surface area contributed by atoms with E-state index in [4.69, 9.17) is 4.74 Å². The van der Waals surface area contributed by atoms with E-state index in [1.807, 2.05) is 13.0 Å². The molecule has 0 aromatic carbocycles. The van der Waals surface area contributed by atoms with Crippen molar-refractivity contribution in [3.05, 3.63) is 12.3 Å². The van der Waals surface area contributed by atoms with Gasteiger partial charge >= 0.3 is 0 Å². The zero-order valence-corrected chi connectivity index (χ0v) is 10.4. The first-order valence-corrected chi connectivity index (χ1v) is 6.24. The summed E-state index contributed by atoms with van der Waals surface area (Å²) in [5.74, 6) is 1.51. The van der Waals surface area contributed by atoms with Gasteiger partial charge in [0.1, 0.15) is 5.82 Å². The average Bonchev–Trinajstić information content (AvgIpc) is 2.83. The Labute approximate surface area is 102 Å². The molecule has 0 aliphatic carbocycles. The Morgan fingerprint density at radius 2 is 2.47 bits per heavy atom. The number of anilines is 2. The summed E-state index contributed by atoms with van der Waals surface area (Å²) in [5.41, 5.74) is 0. The Kier molecular flexibility index (Phi) is 4.14. The molecule has 2 rings (SSSR count). The van der Waals surface area contributed by atoms with E-state index in [-0.39, 0.29) is 6.04 Å². The van der Waals surface area contributed by atoms with Crippen molar-refractivity contribution in [2.24, 2.45) is 0 Å². The van der Waals surface area contributed by atoms with E-state index in [9.17, 15) is 0 Å². The van der Waals surface area contributed by atoms with Gasteiger partial charge in [0.15, 0.2) is 0 Å². The van der Waals surface area contributed by atoms with Crippen LogP contribution in [-0.4, -0.2) is 35.3 Å². The van der Waals surface area contributed by atoms with Crippen LogP contribution in [0.15, 0.2) is 12.3 Å². The van der Waals surface area contributed by atoms with E-state index in [0.717, 1.165) is 31.8 Å². The molecule has 1 aliphatic heterocycles. The standard InChI is InChI=1S/C12H20N4O/c1-3-13-12-14-7-6-11(16-12)15-9(2)10-5-4-8-17-10/h6-7,9-10H,3-5,8H2,1-2H3,(H2,13,14,15,16). The maximum Gasteiger partial charge on any atom is 0.224 e. The van der Waals surface area contributed by atoms with Crippen LogP contribution in [0.2, 0.25) is 0 Å². The second-order valence-corrected chi connectivity index (χ2v) is 4.28. The fraction of sp³-hybridized carbons (Fsp3) is 0.667. The van der Waals surface area contributed by atoms with Gasteiger partial charge < -0.3 is 15.4 Å². The fourth-order valence-electron chi connectivity index (χ4n) is 2.01. The van der Waals surface area contributed by atoms with Gasteiger partial charge in [-0.3, -0.25) is 0 Å². The number of ether oxygens (including phenoxy) is 1. The summed E-state index contributed by atoms with van der Waals surface area (Å²) in [4.78, 5) is 8.53. The van der Waals surface area contributed by atoms with E-state index in [1.54, 1.807) is 6.20 Å². The van der Waals surface area contributed by atoms with Crippen LogP contribution >= 0.6 is 0 Å². The monoisotopic (exact) mass is 236 g/mol. The molecule has 1 aromatic rings. The van der Waals surface area contributed by atoms with Gasteiger partial charge in [-0.25, -0.2) is 4.98 Å². The van der Waals surface area contributed by atoms with Crippen LogP contribution in [0.3, 0.4) is 0 Å². The topological polar surface area (TPSA) is 59.1 Å². The maximum absolute atomic E-state index is 5.64. The van der Waals surface area contributed by atoms with Gasteiger partial charge in [0.05, 0.1) is 12.1 Å². The highest BCUT2D eigenvalue weighted by atomic mass is 16.5. The molecule has 2 unspecified atom stereocenters. The highest BCUT2D eigenvalue weighted by Gasteiger charge is 2.22. The summed E-state index contributed by atoms with van der Waals surface area (Å²) >= 11 is 0. The first-order valence-electron chi connectivity index (χ1n) is 6.24. The molecule has 2 heterocycles. The minimum atomic E-state index is 0.280. The van der Waals surface area contributed by atoms with E-state index in [2.05, 4.69) is 27.5 Å². The summed E-state index contributed by atoms with van der Waals surface area (Å²) < 4.78 is 5.64. The molecular weight excluding hydrogens is 216 g/mol. The molecule has 2 N–H and O–H groups in total. The average molecular weight is 236 g/mol. The molecule has 94 valence electrons. The molecular formula is C12H20N4O. The van der Waals surface area contributed by atoms with Crippen molar-refractivity contribution in [3.8, 4) is 0 Å². The van der Waals surface area contributed by atoms with E-state index < -0.39 is 0 Å². The summed E-state index contributed by atoms with van der Waals surface area (Å²) in [5, 5.41) is 6.46. The van der Waals surface area contributed by atoms with Gasteiger partial charge in [0.25, 0.3) is 0 Å². The van der Waals surface area contributed by atoms with Crippen molar-refractivity contribution in [2.75, 3.05) is 23.8 Å². The number of hydrogen-bond acceptors (Lipinski definition) is 5. The Morgan fingerprint density at radius 3 is 3.18 bits per heavy atom. The van der Waals surface area contributed by atoms with Crippen LogP contribution < -0.4 is 10.6 Å². The molecule has 1 saturated heterocycles. The lowest BCUT2D eigenvalue weighted by atomic mass is 10.1. The SMILES string of the molecule is CCNc1nccc(NC(C)C2CCCO2)n1. The fourth-order valence-corrected chi connectivity index (χ4v) is 2.01. The van der Waals surface area contributed by atoms with Crippen molar-refractivity contribution in [1.29, 1.82) is 0 Å². The second-order valence-electron chi connectivity index (χ2n) is 4.28. The van der Waals surface area contributed by atoms with Crippen LogP contribution in [0.4, 0.5) is 11.8 Å². The summed E-state index contributed by atoms with van der Waals surface area (Å²) in [6.07, 6.45) is 4.34. The van der Waals surface area contributed by atoms with E-state index in [0.29, 0.717) is 12.1 Å². The molecule has 5 heteroatoms. The van der Waals surface area contributed by atoms with Crippen molar-refractivity contribution >= 4 is 11.8 Å². The molecule has 1 fully saturated rings. The van der Waals surface area contributed by atoms with Crippen LogP contribution in [0.5, 0.6) is 0 Å². The quantitative estimate of drug-likeness (QED) is 0.817. The number of rotatable bonds is 5. The van der Waals surface area contributed by atoms with Crippen molar-refractivity contribution in [3.63, 3.8) is 0 Å². The van der Waals surface area contributed by atoms with E-state index in [1.165, 1.54) is 0 Å². The van der Waals surface area contributed by atoms with Crippen molar-refractivity contribution in [2.45, 2.75) is 38.8 Å². The minimum Gasteiger partial charge on any atom is -0.376 e. The lowest BCUT2D eigenvalue weighted by molar-refractivity contribution is 0.0995. The first kappa shape index (κ1) is 12.1. The molecule has 5 nitrogen and oxygen atoms in total. The molecule has 0 bridgehead atoms. The Bertz CT molecular complexity index is 352. The number of aromatic nitrogens is 2. The third-order valence-electron chi connectivity index (χ3n) is 2.89. The highest BCUT2D eigenvalue weighted by Crippen LogP contribution is 2.18. The molecule has 2 atom stereocenters. The number of nitrogens with zero attached hydrogens (tertiary/aromatic N) is 2. The molecule has 0 saturated carbocycles. The Balaban J connectivity index is 1.94. The minimum absolute atomic E-state index is 0.280. The summed E-state index contributed by atoms with van der Waals surface area (Å²) in [7, 11) is 0. The third-order valence-corrected chi connectivity index (χ3v) is 2.89. The van der Waals surface area contributed by atoms with Gasteiger partial charge in [0.2, 0.25) is 5.95 Å². The Morgan fingerprint density at radius 1 is 1.59 bits per heavy atom. The van der Waals surface area contributed by atoms with Gasteiger partial charge in [-0.2, -0.15) is 4.98 Å². The first-order chi connectivity index (χ1) is 8.29. The lowest BCUT2D eigenvalue weighted by Gasteiger charge is -2.20. The predicted molar refractivity (Wildman–Crippen MR) is 68.3 cm³/mol. The van der Waals surface area contributed by atoms with Gasteiger partial charge in [0, 0.05) is 19.3 Å².